The first-order valence-electron chi connectivity index (χ1n) is 12.0. The van der Waals surface area contributed by atoms with E-state index in [4.69, 9.17) is 0 Å². The van der Waals surface area contributed by atoms with Crippen LogP contribution in [0.2, 0.25) is 0 Å². The zero-order chi connectivity index (χ0) is 20.3. The highest BCUT2D eigenvalue weighted by Gasteiger charge is 2.14. The van der Waals surface area contributed by atoms with Crippen LogP contribution < -0.4 is 5.32 Å². The number of hydrogen-bond donors (Lipinski definition) is 2. The largest absolute Gasteiger partial charge is 0.393 e. The lowest BCUT2D eigenvalue weighted by Crippen LogP contribution is -2.27. The molecule has 0 heterocycles. The van der Waals surface area contributed by atoms with E-state index < -0.39 is 0 Å². The monoisotopic (exact) mass is 383 g/mol. The number of carbonyl (C=O) groups is 1. The maximum Gasteiger partial charge on any atom is 0.220 e. The third kappa shape index (κ3) is 17.3. The molecule has 0 aliphatic heterocycles. The van der Waals surface area contributed by atoms with Crippen LogP contribution in [0.25, 0.3) is 0 Å². The van der Waals surface area contributed by atoms with E-state index in [0.29, 0.717) is 6.42 Å². The molecule has 0 spiro atoms. The fraction of sp³-hybridized carbons (Fsp3) is 0.958. The van der Waals surface area contributed by atoms with Crippen molar-refractivity contribution in [2.45, 2.75) is 130 Å². The molecule has 0 aliphatic carbocycles. The molecule has 0 aromatic heterocycles. The second-order valence-electron chi connectivity index (χ2n) is 8.69. The molecule has 0 radical (unpaired) electrons. The Balaban J connectivity index is 3.83. The second-order valence-corrected chi connectivity index (χ2v) is 8.69. The van der Waals surface area contributed by atoms with Crippen LogP contribution in [0, 0.1) is 11.8 Å². The Hall–Kier alpha value is -0.570. The summed E-state index contributed by atoms with van der Waals surface area (Å²) in [6.07, 6.45) is 17.0. The summed E-state index contributed by atoms with van der Waals surface area (Å²) < 4.78 is 0. The van der Waals surface area contributed by atoms with Crippen molar-refractivity contribution in [1.82, 2.24) is 5.32 Å². The van der Waals surface area contributed by atoms with Crippen molar-refractivity contribution in [2.75, 3.05) is 6.54 Å². The fourth-order valence-corrected chi connectivity index (χ4v) is 3.90. The minimum atomic E-state index is -0.248. The number of unbranched alkanes of at least 4 members (excludes halogenated alkanes) is 5. The van der Waals surface area contributed by atoms with Gasteiger partial charge in [0, 0.05) is 13.0 Å². The minimum Gasteiger partial charge on any atom is -0.393 e. The Bertz CT molecular complexity index is 324. The third-order valence-electron chi connectivity index (χ3n) is 5.64. The lowest BCUT2D eigenvalue weighted by molar-refractivity contribution is -0.122. The highest BCUT2D eigenvalue weighted by molar-refractivity contribution is 5.76. The van der Waals surface area contributed by atoms with Crippen molar-refractivity contribution in [2.24, 2.45) is 11.8 Å². The van der Waals surface area contributed by atoms with E-state index in [-0.39, 0.29) is 17.9 Å². The Morgan fingerprint density at radius 2 is 1.41 bits per heavy atom. The number of carbonyl (C=O) groups excluding carboxylic acids is 1. The van der Waals surface area contributed by atoms with Gasteiger partial charge in [-0.1, -0.05) is 91.9 Å². The van der Waals surface area contributed by atoms with E-state index in [1.807, 2.05) is 0 Å². The van der Waals surface area contributed by atoms with Gasteiger partial charge in [-0.05, 0) is 37.5 Å². The molecule has 0 saturated heterocycles. The molecule has 162 valence electrons. The number of hydrogen-bond acceptors (Lipinski definition) is 2. The van der Waals surface area contributed by atoms with Gasteiger partial charge >= 0.3 is 0 Å². The SMILES string of the molecule is CCCCCCC(O)CC(C)CC(=O)NCCCC(CCCC)CCCC. The molecule has 0 rings (SSSR count). The Morgan fingerprint density at radius 3 is 2.00 bits per heavy atom. The van der Waals surface area contributed by atoms with Crippen molar-refractivity contribution in [1.29, 1.82) is 0 Å². The van der Waals surface area contributed by atoms with E-state index in [1.165, 1.54) is 64.2 Å². The molecule has 1 amide bonds. The highest BCUT2D eigenvalue weighted by atomic mass is 16.3. The molecular formula is C24H49NO2. The fourth-order valence-electron chi connectivity index (χ4n) is 3.90. The Kier molecular flexibility index (Phi) is 18.4. The zero-order valence-electron chi connectivity index (χ0n) is 18.9. The van der Waals surface area contributed by atoms with Crippen LogP contribution in [-0.4, -0.2) is 23.7 Å². The molecule has 27 heavy (non-hydrogen) atoms. The maximum atomic E-state index is 12.1. The van der Waals surface area contributed by atoms with Gasteiger partial charge in [-0.15, -0.1) is 0 Å². The quantitative estimate of drug-likeness (QED) is 0.246. The van der Waals surface area contributed by atoms with Crippen LogP contribution in [-0.2, 0) is 4.79 Å². The van der Waals surface area contributed by atoms with Crippen molar-refractivity contribution >= 4 is 5.91 Å². The molecule has 0 aromatic rings. The number of rotatable bonds is 19. The smallest absolute Gasteiger partial charge is 0.220 e. The van der Waals surface area contributed by atoms with Crippen LogP contribution >= 0.6 is 0 Å². The minimum absolute atomic E-state index is 0.152. The average molecular weight is 384 g/mol. The molecule has 0 bridgehead atoms. The molecule has 0 aliphatic rings. The normalized spacial score (nSPS) is 13.7. The van der Waals surface area contributed by atoms with Crippen LogP contribution in [0.5, 0.6) is 0 Å². The zero-order valence-corrected chi connectivity index (χ0v) is 18.9. The summed E-state index contributed by atoms with van der Waals surface area (Å²) in [6.45, 7) is 9.62. The summed E-state index contributed by atoms with van der Waals surface area (Å²) in [5.41, 5.74) is 0. The molecule has 2 N–H and O–H groups in total. The van der Waals surface area contributed by atoms with Gasteiger partial charge in [-0.25, -0.2) is 0 Å². The summed E-state index contributed by atoms with van der Waals surface area (Å²) in [5.74, 6) is 1.25. The first-order chi connectivity index (χ1) is 13.0. The molecule has 0 fully saturated rings. The lowest BCUT2D eigenvalue weighted by atomic mass is 9.91. The van der Waals surface area contributed by atoms with Crippen LogP contribution in [0.4, 0.5) is 0 Å². The summed E-state index contributed by atoms with van der Waals surface area (Å²) in [4.78, 5) is 12.1. The number of aliphatic hydroxyl groups excluding tert-OH is 1. The van der Waals surface area contributed by atoms with Gasteiger partial charge < -0.3 is 10.4 Å². The predicted octanol–water partition coefficient (Wildman–Crippen LogP) is 6.63. The van der Waals surface area contributed by atoms with E-state index in [1.54, 1.807) is 0 Å². The Labute approximate surface area is 170 Å². The number of aliphatic hydroxyl groups is 1. The average Bonchev–Trinajstić information content (AvgIpc) is 2.63. The van der Waals surface area contributed by atoms with Crippen molar-refractivity contribution in [3.05, 3.63) is 0 Å². The molecule has 3 heteroatoms. The molecular weight excluding hydrogens is 334 g/mol. The van der Waals surface area contributed by atoms with Crippen LogP contribution in [0.3, 0.4) is 0 Å². The molecule has 3 nitrogen and oxygen atoms in total. The topological polar surface area (TPSA) is 49.3 Å². The first-order valence-corrected chi connectivity index (χ1v) is 12.0. The van der Waals surface area contributed by atoms with Crippen molar-refractivity contribution < 1.29 is 9.90 Å². The van der Waals surface area contributed by atoms with Crippen molar-refractivity contribution in [3.8, 4) is 0 Å². The predicted molar refractivity (Wildman–Crippen MR) is 118 cm³/mol. The third-order valence-corrected chi connectivity index (χ3v) is 5.64. The molecule has 0 aromatic carbocycles. The van der Waals surface area contributed by atoms with Crippen molar-refractivity contribution in [3.63, 3.8) is 0 Å². The van der Waals surface area contributed by atoms with E-state index in [2.05, 4.69) is 33.0 Å². The molecule has 2 unspecified atom stereocenters. The summed E-state index contributed by atoms with van der Waals surface area (Å²) in [5, 5.41) is 13.2. The number of nitrogens with one attached hydrogen (secondary N) is 1. The van der Waals surface area contributed by atoms with Gasteiger partial charge in [0.15, 0.2) is 0 Å². The molecule has 0 saturated carbocycles. The van der Waals surface area contributed by atoms with E-state index in [9.17, 15) is 9.90 Å². The molecule has 2 atom stereocenters. The second kappa shape index (κ2) is 18.8. The Morgan fingerprint density at radius 1 is 0.815 bits per heavy atom. The van der Waals surface area contributed by atoms with Gasteiger partial charge in [-0.2, -0.15) is 0 Å². The van der Waals surface area contributed by atoms with E-state index in [0.717, 1.165) is 38.1 Å². The van der Waals surface area contributed by atoms with Gasteiger partial charge in [0.1, 0.15) is 0 Å². The van der Waals surface area contributed by atoms with Gasteiger partial charge in [0.25, 0.3) is 0 Å². The van der Waals surface area contributed by atoms with Gasteiger partial charge in [-0.3, -0.25) is 4.79 Å². The lowest BCUT2D eigenvalue weighted by Gasteiger charge is -2.18. The van der Waals surface area contributed by atoms with E-state index >= 15 is 0 Å². The van der Waals surface area contributed by atoms with Gasteiger partial charge in [0.2, 0.25) is 5.91 Å². The summed E-state index contributed by atoms with van der Waals surface area (Å²) >= 11 is 0. The first kappa shape index (κ1) is 26.4. The van der Waals surface area contributed by atoms with Gasteiger partial charge in [0.05, 0.1) is 6.10 Å². The van der Waals surface area contributed by atoms with Crippen LogP contribution in [0.1, 0.15) is 124 Å². The van der Waals surface area contributed by atoms with Crippen LogP contribution in [0.15, 0.2) is 0 Å². The number of amides is 1. The maximum absolute atomic E-state index is 12.1. The standard InChI is InChI=1S/C24H49NO2/c1-5-8-11-12-17-23(26)19-21(4)20-24(27)25-18-13-16-22(14-9-6-2)15-10-7-3/h21-23,26H,5-20H2,1-4H3,(H,25,27). The summed E-state index contributed by atoms with van der Waals surface area (Å²) in [7, 11) is 0. The summed E-state index contributed by atoms with van der Waals surface area (Å²) in [6, 6.07) is 0. The highest BCUT2D eigenvalue weighted by Crippen LogP contribution is 2.21.